The molecule has 0 N–H and O–H groups in total. The van der Waals surface area contributed by atoms with Gasteiger partial charge in [0.1, 0.15) is 0 Å². The molecule has 4 nitrogen and oxygen atoms in total. The van der Waals surface area contributed by atoms with Crippen LogP contribution in [0.4, 0.5) is 0 Å². The summed E-state index contributed by atoms with van der Waals surface area (Å²) in [5.41, 5.74) is 3.66. The molecule has 1 aromatic carbocycles. The number of thioether (sulfide) groups is 1. The highest BCUT2D eigenvalue weighted by Crippen LogP contribution is 2.19. The Hall–Kier alpha value is -2.14. The molecule has 3 rings (SSSR count). The quantitative estimate of drug-likeness (QED) is 0.603. The zero-order valence-corrected chi connectivity index (χ0v) is 15.4. The smallest absolute Gasteiger partial charge is 0.255 e. The Morgan fingerprint density at radius 3 is 2.40 bits per heavy atom. The molecule has 1 saturated heterocycles. The van der Waals surface area contributed by atoms with Crippen molar-refractivity contribution >= 4 is 23.5 Å². The van der Waals surface area contributed by atoms with E-state index >= 15 is 0 Å². The number of carbonyl (C=O) groups excluding carboxylic acids is 2. The number of hydrogen-bond donors (Lipinski definition) is 0. The summed E-state index contributed by atoms with van der Waals surface area (Å²) >= 11 is 1.40. The predicted molar refractivity (Wildman–Crippen MR) is 100 cm³/mol. The molecule has 2 aromatic rings. The molecule has 0 spiro atoms. The summed E-state index contributed by atoms with van der Waals surface area (Å²) in [5, 5.41) is 0.759. The number of ketones is 1. The first-order valence-corrected chi connectivity index (χ1v) is 9.52. The van der Waals surface area contributed by atoms with Crippen molar-refractivity contribution in [2.45, 2.75) is 31.7 Å². The molecule has 0 radical (unpaired) electrons. The molecule has 0 bridgehead atoms. The maximum absolute atomic E-state index is 12.3. The van der Waals surface area contributed by atoms with E-state index in [9.17, 15) is 9.59 Å². The van der Waals surface area contributed by atoms with Crippen LogP contribution < -0.4 is 0 Å². The van der Waals surface area contributed by atoms with Gasteiger partial charge in [-0.1, -0.05) is 23.9 Å². The van der Waals surface area contributed by atoms with Crippen LogP contribution in [0.2, 0.25) is 0 Å². The van der Waals surface area contributed by atoms with Crippen molar-refractivity contribution in [1.82, 2.24) is 9.88 Å². The van der Waals surface area contributed by atoms with E-state index in [0.717, 1.165) is 42.1 Å². The Morgan fingerprint density at radius 2 is 1.76 bits per heavy atom. The van der Waals surface area contributed by atoms with Crippen molar-refractivity contribution in [3.63, 3.8) is 0 Å². The molecular weight excluding hydrogens is 332 g/mol. The fourth-order valence-electron chi connectivity index (χ4n) is 2.83. The third-order valence-corrected chi connectivity index (χ3v) is 5.50. The van der Waals surface area contributed by atoms with Crippen LogP contribution in [0.5, 0.6) is 0 Å². The van der Waals surface area contributed by atoms with E-state index in [0.29, 0.717) is 11.3 Å². The van der Waals surface area contributed by atoms with E-state index in [4.69, 9.17) is 0 Å². The van der Waals surface area contributed by atoms with Crippen LogP contribution in [0, 0.1) is 13.8 Å². The molecule has 5 heteroatoms. The zero-order chi connectivity index (χ0) is 17.8. The second-order valence-electron chi connectivity index (χ2n) is 6.40. The number of rotatable bonds is 5. The van der Waals surface area contributed by atoms with Gasteiger partial charge in [-0.3, -0.25) is 9.59 Å². The molecule has 0 atom stereocenters. The van der Waals surface area contributed by atoms with E-state index in [1.807, 2.05) is 43.0 Å². The van der Waals surface area contributed by atoms with Gasteiger partial charge in [0.2, 0.25) is 0 Å². The van der Waals surface area contributed by atoms with Crippen molar-refractivity contribution in [1.29, 1.82) is 0 Å². The van der Waals surface area contributed by atoms with Crippen molar-refractivity contribution in [2.24, 2.45) is 0 Å². The number of likely N-dealkylation sites (tertiary alicyclic amines) is 1. The number of benzene rings is 1. The lowest BCUT2D eigenvalue weighted by Gasteiger charge is -2.14. The molecule has 1 aliphatic heterocycles. The Kier molecular flexibility index (Phi) is 5.53. The third-order valence-electron chi connectivity index (χ3n) is 4.56. The molecule has 130 valence electrons. The summed E-state index contributed by atoms with van der Waals surface area (Å²) in [5.74, 6) is 0.481. The van der Waals surface area contributed by atoms with E-state index in [2.05, 4.69) is 4.98 Å². The molecule has 0 saturated carbocycles. The highest BCUT2D eigenvalue weighted by Gasteiger charge is 2.19. The van der Waals surface area contributed by atoms with E-state index in [1.165, 1.54) is 17.3 Å². The lowest BCUT2D eigenvalue weighted by Crippen LogP contribution is -2.27. The lowest BCUT2D eigenvalue weighted by atomic mass is 10.0. The number of amides is 1. The average Bonchev–Trinajstić information content (AvgIpc) is 3.16. The molecule has 1 fully saturated rings. The first kappa shape index (κ1) is 17.7. The summed E-state index contributed by atoms with van der Waals surface area (Å²) in [6.07, 6.45) is 3.77. The molecular formula is C20H22N2O2S. The monoisotopic (exact) mass is 354 g/mol. The second kappa shape index (κ2) is 7.83. The lowest BCUT2D eigenvalue weighted by molar-refractivity contribution is 0.0792. The fourth-order valence-corrected chi connectivity index (χ4v) is 3.57. The van der Waals surface area contributed by atoms with Gasteiger partial charge in [0.15, 0.2) is 5.78 Å². The number of aromatic nitrogens is 1. The van der Waals surface area contributed by atoms with Crippen molar-refractivity contribution in [3.05, 3.63) is 58.8 Å². The normalized spacial score (nSPS) is 13.9. The number of carbonyl (C=O) groups is 2. The second-order valence-corrected chi connectivity index (χ2v) is 7.39. The van der Waals surface area contributed by atoms with Crippen molar-refractivity contribution in [3.8, 4) is 0 Å². The van der Waals surface area contributed by atoms with Gasteiger partial charge in [-0.25, -0.2) is 4.98 Å². The summed E-state index contributed by atoms with van der Waals surface area (Å²) in [6, 6.07) is 9.41. The van der Waals surface area contributed by atoms with Crippen LogP contribution >= 0.6 is 11.8 Å². The molecule has 25 heavy (non-hydrogen) atoms. The maximum Gasteiger partial charge on any atom is 0.255 e. The zero-order valence-electron chi connectivity index (χ0n) is 14.6. The van der Waals surface area contributed by atoms with Gasteiger partial charge in [0.05, 0.1) is 16.3 Å². The predicted octanol–water partition coefficient (Wildman–Crippen LogP) is 3.91. The van der Waals surface area contributed by atoms with Gasteiger partial charge in [-0.05, 0) is 56.0 Å². The fraction of sp³-hybridized carbons (Fsp3) is 0.350. The first-order chi connectivity index (χ1) is 12.0. The van der Waals surface area contributed by atoms with Gasteiger partial charge in [0.25, 0.3) is 5.91 Å². The maximum atomic E-state index is 12.3. The van der Waals surface area contributed by atoms with Crippen LogP contribution in [0.3, 0.4) is 0 Å². The first-order valence-electron chi connectivity index (χ1n) is 8.53. The van der Waals surface area contributed by atoms with Crippen LogP contribution in [-0.4, -0.2) is 40.4 Å². The highest BCUT2D eigenvalue weighted by atomic mass is 32.2. The highest BCUT2D eigenvalue weighted by molar-refractivity contribution is 7.99. The number of Topliss-reactive ketones (excluding diaryl/α,β-unsaturated/α-hetero) is 1. The minimum atomic E-state index is 0.0488. The molecule has 1 aliphatic rings. The molecule has 0 unspecified atom stereocenters. The topological polar surface area (TPSA) is 50.3 Å². The SMILES string of the molecule is Cc1ccc(C(=O)CSc2ccc(C(=O)N3CCCC3)cn2)cc1C. The van der Waals surface area contributed by atoms with Gasteiger partial charge < -0.3 is 4.90 Å². The minimum absolute atomic E-state index is 0.0488. The summed E-state index contributed by atoms with van der Waals surface area (Å²) < 4.78 is 0. The average molecular weight is 354 g/mol. The largest absolute Gasteiger partial charge is 0.339 e. The molecule has 2 heterocycles. The van der Waals surface area contributed by atoms with E-state index in [1.54, 1.807) is 12.3 Å². The minimum Gasteiger partial charge on any atom is -0.339 e. The van der Waals surface area contributed by atoms with E-state index < -0.39 is 0 Å². The number of hydrogen-bond acceptors (Lipinski definition) is 4. The standard InChI is InChI=1S/C20H22N2O2S/c1-14-5-6-16(11-15(14)2)18(23)13-25-19-8-7-17(12-21-19)20(24)22-9-3-4-10-22/h5-8,11-12H,3-4,9-10,13H2,1-2H3. The summed E-state index contributed by atoms with van der Waals surface area (Å²) in [7, 11) is 0. The number of pyridine rings is 1. The van der Waals surface area contributed by atoms with Crippen LogP contribution in [-0.2, 0) is 0 Å². The summed E-state index contributed by atoms with van der Waals surface area (Å²) in [4.78, 5) is 30.8. The van der Waals surface area contributed by atoms with Gasteiger partial charge >= 0.3 is 0 Å². The van der Waals surface area contributed by atoms with Crippen molar-refractivity contribution in [2.75, 3.05) is 18.8 Å². The summed E-state index contributed by atoms with van der Waals surface area (Å²) in [6.45, 7) is 5.71. The van der Waals surface area contributed by atoms with Crippen molar-refractivity contribution < 1.29 is 9.59 Å². The van der Waals surface area contributed by atoms with Gasteiger partial charge in [-0.15, -0.1) is 0 Å². The van der Waals surface area contributed by atoms with Crippen LogP contribution in [0.25, 0.3) is 0 Å². The van der Waals surface area contributed by atoms with Gasteiger partial charge in [0, 0.05) is 24.8 Å². The van der Waals surface area contributed by atoms with Crippen LogP contribution in [0.1, 0.15) is 44.7 Å². The number of aryl methyl sites for hydroxylation is 2. The Labute approximate surface area is 152 Å². The Bertz CT molecular complexity index is 781. The Morgan fingerprint density at radius 1 is 1.04 bits per heavy atom. The van der Waals surface area contributed by atoms with E-state index in [-0.39, 0.29) is 11.7 Å². The molecule has 0 aliphatic carbocycles. The van der Waals surface area contributed by atoms with Gasteiger partial charge in [-0.2, -0.15) is 0 Å². The molecule has 1 amide bonds. The Balaban J connectivity index is 1.58. The number of nitrogens with zero attached hydrogens (tertiary/aromatic N) is 2. The molecule has 1 aromatic heterocycles. The third kappa shape index (κ3) is 4.28. The van der Waals surface area contributed by atoms with Crippen LogP contribution in [0.15, 0.2) is 41.6 Å².